The van der Waals surface area contributed by atoms with Gasteiger partial charge in [-0.15, -0.1) is 22.7 Å². The predicted octanol–water partition coefficient (Wildman–Crippen LogP) is 7.45. The minimum atomic E-state index is 0.846. The molecule has 118 valence electrons. The highest BCUT2D eigenvalue weighted by atomic mass is 32.1. The van der Waals surface area contributed by atoms with Gasteiger partial charge in [0.15, 0.2) is 0 Å². The third-order valence-corrected chi connectivity index (χ3v) is 6.72. The van der Waals surface area contributed by atoms with Gasteiger partial charge in [0.05, 0.1) is 10.8 Å². The summed E-state index contributed by atoms with van der Waals surface area (Å²) in [4.78, 5) is 9.40. The summed E-state index contributed by atoms with van der Waals surface area (Å²) < 4.78 is 0. The quantitative estimate of drug-likeness (QED) is 0.345. The van der Waals surface area contributed by atoms with Crippen molar-refractivity contribution in [3.63, 3.8) is 0 Å². The van der Waals surface area contributed by atoms with E-state index in [2.05, 4.69) is 64.8 Å². The third kappa shape index (κ3) is 3.19. The summed E-state index contributed by atoms with van der Waals surface area (Å²) in [6, 6.07) is 17.1. The zero-order valence-electron chi connectivity index (χ0n) is 13.0. The number of hydrogen-bond donors (Lipinski definition) is 0. The SMILES string of the molecule is S=C=Nc1ccc(-c2ccc(-c3ccc(C4=CCCC4)s3)s2)cc1. The number of thiophene rings is 2. The highest BCUT2D eigenvalue weighted by Crippen LogP contribution is 2.41. The monoisotopic (exact) mass is 365 g/mol. The van der Waals surface area contributed by atoms with Crippen LogP contribution < -0.4 is 0 Å². The van der Waals surface area contributed by atoms with Crippen molar-refractivity contribution in [2.24, 2.45) is 4.99 Å². The Bertz CT molecular complexity index is 937. The number of benzene rings is 1. The maximum atomic E-state index is 4.64. The molecule has 0 fully saturated rings. The molecule has 3 aromatic rings. The van der Waals surface area contributed by atoms with Crippen LogP contribution in [0, 0.1) is 0 Å². The third-order valence-electron chi connectivity index (χ3n) is 4.14. The smallest absolute Gasteiger partial charge is 0.0739 e. The molecule has 0 bridgehead atoms. The highest BCUT2D eigenvalue weighted by Gasteiger charge is 2.12. The molecule has 4 rings (SSSR count). The first-order chi connectivity index (χ1) is 11.8. The van der Waals surface area contributed by atoms with Gasteiger partial charge in [-0.3, -0.25) is 0 Å². The Kier molecular flexibility index (Phi) is 4.54. The van der Waals surface area contributed by atoms with Gasteiger partial charge in [-0.05, 0) is 79.0 Å². The van der Waals surface area contributed by atoms with E-state index >= 15 is 0 Å². The molecule has 2 heterocycles. The van der Waals surface area contributed by atoms with E-state index in [1.165, 1.54) is 49.9 Å². The van der Waals surface area contributed by atoms with Crippen LogP contribution in [-0.4, -0.2) is 5.16 Å². The Labute approximate surface area is 155 Å². The molecule has 2 aromatic heterocycles. The maximum absolute atomic E-state index is 4.64. The van der Waals surface area contributed by atoms with Crippen LogP contribution in [0.2, 0.25) is 0 Å². The molecule has 1 aromatic carbocycles. The summed E-state index contributed by atoms with van der Waals surface area (Å²) in [6.45, 7) is 0. The minimum absolute atomic E-state index is 0.846. The lowest BCUT2D eigenvalue weighted by Gasteiger charge is -1.97. The molecule has 0 spiro atoms. The molecule has 0 atom stereocenters. The number of thiocarbonyl (C=S) groups is 1. The van der Waals surface area contributed by atoms with Crippen LogP contribution >= 0.6 is 34.9 Å². The van der Waals surface area contributed by atoms with Gasteiger partial charge in [0.1, 0.15) is 0 Å². The Balaban J connectivity index is 1.59. The van der Waals surface area contributed by atoms with Crippen LogP contribution in [-0.2, 0) is 0 Å². The summed E-state index contributed by atoms with van der Waals surface area (Å²) in [5.41, 5.74) is 3.58. The molecule has 0 amide bonds. The molecule has 0 saturated carbocycles. The van der Waals surface area contributed by atoms with Crippen molar-refractivity contribution in [2.75, 3.05) is 0 Å². The van der Waals surface area contributed by atoms with Crippen molar-refractivity contribution in [1.29, 1.82) is 0 Å². The van der Waals surface area contributed by atoms with Crippen molar-refractivity contribution < 1.29 is 0 Å². The Morgan fingerprint density at radius 1 is 0.833 bits per heavy atom. The summed E-state index contributed by atoms with van der Waals surface area (Å²) in [5, 5.41) is 2.40. The van der Waals surface area contributed by atoms with Crippen LogP contribution in [0.1, 0.15) is 24.1 Å². The topological polar surface area (TPSA) is 12.4 Å². The molecule has 1 aliphatic rings. The second-order valence-corrected chi connectivity index (χ2v) is 8.05. The van der Waals surface area contributed by atoms with Crippen molar-refractivity contribution in [1.82, 2.24) is 0 Å². The second-order valence-electron chi connectivity index (χ2n) is 5.70. The van der Waals surface area contributed by atoms with Gasteiger partial charge in [-0.25, -0.2) is 0 Å². The predicted molar refractivity (Wildman–Crippen MR) is 110 cm³/mol. The van der Waals surface area contributed by atoms with E-state index < -0.39 is 0 Å². The number of hydrogen-bond acceptors (Lipinski definition) is 4. The number of aliphatic imine (C=N–C) groups is 1. The number of nitrogens with zero attached hydrogens (tertiary/aromatic N) is 1. The minimum Gasteiger partial charge on any atom is -0.195 e. The van der Waals surface area contributed by atoms with E-state index in [1.807, 2.05) is 34.8 Å². The van der Waals surface area contributed by atoms with Gasteiger partial charge in [0.2, 0.25) is 0 Å². The van der Waals surface area contributed by atoms with Crippen molar-refractivity contribution in [2.45, 2.75) is 19.3 Å². The molecule has 1 aliphatic carbocycles. The molecule has 0 N–H and O–H groups in total. The molecule has 1 nitrogen and oxygen atoms in total. The molecule has 4 heteroatoms. The van der Waals surface area contributed by atoms with Crippen molar-refractivity contribution in [3.8, 4) is 20.2 Å². The van der Waals surface area contributed by atoms with Crippen molar-refractivity contribution in [3.05, 3.63) is 59.5 Å². The highest BCUT2D eigenvalue weighted by molar-refractivity contribution is 7.78. The molecule has 0 radical (unpaired) electrons. The first kappa shape index (κ1) is 15.7. The van der Waals surface area contributed by atoms with E-state index in [0.29, 0.717) is 0 Å². The zero-order chi connectivity index (χ0) is 16.4. The lowest BCUT2D eigenvalue weighted by Crippen LogP contribution is -1.70. The second kappa shape index (κ2) is 6.96. The van der Waals surface area contributed by atoms with Gasteiger partial charge in [-0.1, -0.05) is 18.2 Å². The Morgan fingerprint density at radius 2 is 1.50 bits per heavy atom. The lowest BCUT2D eigenvalue weighted by molar-refractivity contribution is 0.936. The summed E-state index contributed by atoms with van der Waals surface area (Å²) in [5.74, 6) is 0. The molecule has 0 saturated heterocycles. The van der Waals surface area contributed by atoms with Gasteiger partial charge < -0.3 is 0 Å². The van der Waals surface area contributed by atoms with Gasteiger partial charge >= 0.3 is 0 Å². The van der Waals surface area contributed by atoms with Crippen LogP contribution in [0.3, 0.4) is 0 Å². The molecule has 0 unspecified atom stereocenters. The Morgan fingerprint density at radius 3 is 2.17 bits per heavy atom. The average Bonchev–Trinajstić information content (AvgIpc) is 3.35. The van der Waals surface area contributed by atoms with E-state index in [1.54, 1.807) is 0 Å². The fraction of sp³-hybridized carbons (Fsp3) is 0.150. The first-order valence-corrected chi connectivity index (χ1v) is 9.95. The van der Waals surface area contributed by atoms with Crippen LogP contribution in [0.5, 0.6) is 0 Å². The van der Waals surface area contributed by atoms with Crippen LogP contribution in [0.15, 0.2) is 59.6 Å². The van der Waals surface area contributed by atoms with E-state index in [0.717, 1.165) is 5.69 Å². The van der Waals surface area contributed by atoms with E-state index in [9.17, 15) is 0 Å². The van der Waals surface area contributed by atoms with Gasteiger partial charge in [0.25, 0.3) is 0 Å². The summed E-state index contributed by atoms with van der Waals surface area (Å²) in [6.07, 6.45) is 6.15. The molecule has 24 heavy (non-hydrogen) atoms. The fourth-order valence-corrected chi connectivity index (χ4v) is 5.20. The van der Waals surface area contributed by atoms with Gasteiger partial charge in [0, 0.05) is 19.5 Å². The molecule has 0 aliphatic heterocycles. The lowest BCUT2D eigenvalue weighted by atomic mass is 10.2. The van der Waals surface area contributed by atoms with Crippen molar-refractivity contribution >= 4 is 51.3 Å². The fourth-order valence-electron chi connectivity index (χ4n) is 2.92. The van der Waals surface area contributed by atoms with E-state index in [4.69, 9.17) is 0 Å². The van der Waals surface area contributed by atoms with Gasteiger partial charge in [-0.2, -0.15) is 4.99 Å². The van der Waals surface area contributed by atoms with Crippen LogP contribution in [0.4, 0.5) is 5.69 Å². The average molecular weight is 366 g/mol. The first-order valence-electron chi connectivity index (χ1n) is 7.91. The largest absolute Gasteiger partial charge is 0.195 e. The number of rotatable bonds is 4. The van der Waals surface area contributed by atoms with E-state index in [-0.39, 0.29) is 0 Å². The van der Waals surface area contributed by atoms with Crippen LogP contribution in [0.25, 0.3) is 25.8 Å². The standard InChI is InChI=1S/C20H15NS3/c22-13-21-16-7-5-15(6-8-16)18-10-12-20(24-18)19-11-9-17(23-19)14-3-1-2-4-14/h3,5-12H,1-2,4H2. The number of allylic oxidation sites excluding steroid dienone is 2. The summed E-state index contributed by atoms with van der Waals surface area (Å²) >= 11 is 8.39. The zero-order valence-corrected chi connectivity index (χ0v) is 15.4. The normalized spacial score (nSPS) is 13.6. The molecular formula is C20H15NS3. The Hall–Kier alpha value is -1.84. The maximum Gasteiger partial charge on any atom is 0.0739 e. The molecular weight excluding hydrogens is 350 g/mol. The summed E-state index contributed by atoms with van der Waals surface area (Å²) in [7, 11) is 0. The number of isothiocyanates is 1.